The lowest BCUT2D eigenvalue weighted by Crippen LogP contribution is -2.32. The first-order valence-corrected chi connectivity index (χ1v) is 12.7. The monoisotopic (exact) mass is 558 g/mol. The Hall–Kier alpha value is -3.69. The van der Waals surface area contributed by atoms with Crippen LogP contribution < -0.4 is 19.5 Å². The zero-order valence-electron chi connectivity index (χ0n) is 22.4. The van der Waals surface area contributed by atoms with E-state index in [2.05, 4.69) is 16.9 Å². The highest BCUT2D eigenvalue weighted by Crippen LogP contribution is 2.42. The first-order valence-electron chi connectivity index (χ1n) is 12.3. The van der Waals surface area contributed by atoms with Gasteiger partial charge < -0.3 is 24.6 Å². The highest BCUT2D eigenvalue weighted by molar-refractivity contribution is 6.29. The predicted octanol–water partition coefficient (Wildman–Crippen LogP) is 5.14. The number of nitrogens with one attached hydrogen (secondary N) is 1. The van der Waals surface area contributed by atoms with Gasteiger partial charge in [0.2, 0.25) is 0 Å². The summed E-state index contributed by atoms with van der Waals surface area (Å²) in [6.07, 6.45) is 3.32. The molecule has 1 aliphatic rings. The molecule has 0 fully saturated rings. The molecule has 0 unspecified atom stereocenters. The van der Waals surface area contributed by atoms with Crippen molar-refractivity contribution in [2.75, 3.05) is 33.5 Å². The molecule has 0 radical (unpaired) electrons. The number of aliphatic hydroxyl groups excluding tert-OH is 1. The molecular formula is C29H32ClFN2O6. The van der Waals surface area contributed by atoms with Gasteiger partial charge in [0.1, 0.15) is 29.6 Å². The Kier molecular flexibility index (Phi) is 9.88. The number of hydrogen-bond acceptors (Lipinski definition) is 7. The molecule has 3 rings (SSSR count). The number of pyridine rings is 1. The molecule has 1 aliphatic heterocycles. The number of allylic oxidation sites excluding steroid dienone is 5. The summed E-state index contributed by atoms with van der Waals surface area (Å²) in [4.78, 5) is 30.4. The predicted molar refractivity (Wildman–Crippen MR) is 147 cm³/mol. The lowest BCUT2D eigenvalue weighted by atomic mass is 9.79. The van der Waals surface area contributed by atoms with Gasteiger partial charge in [-0.25, -0.2) is 9.37 Å². The summed E-state index contributed by atoms with van der Waals surface area (Å²) in [6.45, 7) is 9.54. The van der Waals surface area contributed by atoms with Crippen molar-refractivity contribution in [1.29, 1.82) is 0 Å². The molecule has 2 heterocycles. The number of aliphatic hydroxyl groups is 1. The second-order valence-corrected chi connectivity index (χ2v) is 10.1. The molecule has 208 valence electrons. The minimum Gasteiger partial charge on any atom is -0.493 e. The maximum Gasteiger partial charge on any atom is 0.251 e. The second kappa shape index (κ2) is 12.9. The molecule has 0 bridgehead atoms. The summed E-state index contributed by atoms with van der Waals surface area (Å²) in [7, 11) is 1.43. The number of halogens is 2. The molecule has 0 atom stereocenters. The number of amides is 1. The number of rotatable bonds is 11. The number of Topliss-reactive ketones (excluding diaryl/α,β-unsaturated/α-hetero) is 1. The van der Waals surface area contributed by atoms with Gasteiger partial charge in [-0.3, -0.25) is 9.59 Å². The van der Waals surface area contributed by atoms with Crippen LogP contribution in [0.5, 0.6) is 17.2 Å². The molecule has 2 N–H and O–H groups in total. The van der Waals surface area contributed by atoms with Crippen molar-refractivity contribution in [2.24, 2.45) is 0 Å². The van der Waals surface area contributed by atoms with Crippen molar-refractivity contribution in [2.45, 2.75) is 32.6 Å². The molecule has 39 heavy (non-hydrogen) atoms. The molecule has 0 spiro atoms. The van der Waals surface area contributed by atoms with E-state index >= 15 is 0 Å². The second-order valence-electron chi connectivity index (χ2n) is 9.50. The van der Waals surface area contributed by atoms with Gasteiger partial charge in [0.25, 0.3) is 5.91 Å². The van der Waals surface area contributed by atoms with Gasteiger partial charge in [-0.15, -0.1) is 0 Å². The topological polar surface area (TPSA) is 107 Å². The lowest BCUT2D eigenvalue weighted by molar-refractivity contribution is 0.0901. The first kappa shape index (κ1) is 29.9. The van der Waals surface area contributed by atoms with Gasteiger partial charge in [0.05, 0.1) is 31.9 Å². The van der Waals surface area contributed by atoms with Crippen molar-refractivity contribution < 1.29 is 33.3 Å². The number of ether oxygens (including phenoxy) is 3. The lowest BCUT2D eigenvalue weighted by Gasteiger charge is -2.33. The molecule has 1 aromatic heterocycles. The van der Waals surface area contributed by atoms with E-state index in [1.54, 1.807) is 12.1 Å². The van der Waals surface area contributed by atoms with Crippen LogP contribution in [0, 0.1) is 0 Å². The zero-order valence-corrected chi connectivity index (χ0v) is 23.2. The van der Waals surface area contributed by atoms with Gasteiger partial charge >= 0.3 is 0 Å². The van der Waals surface area contributed by atoms with Crippen LogP contribution in [-0.2, 0) is 5.41 Å². The number of hydrogen-bond donors (Lipinski definition) is 2. The van der Waals surface area contributed by atoms with Crippen molar-refractivity contribution in [3.05, 3.63) is 76.4 Å². The van der Waals surface area contributed by atoms with E-state index in [1.165, 1.54) is 38.3 Å². The van der Waals surface area contributed by atoms with Crippen LogP contribution in [0.2, 0.25) is 0 Å². The van der Waals surface area contributed by atoms with Crippen LogP contribution in [0.15, 0.2) is 53.9 Å². The van der Waals surface area contributed by atoms with Crippen LogP contribution in [0.3, 0.4) is 0 Å². The minimum absolute atomic E-state index is 0.00367. The number of methoxy groups -OCH3 is 1. The van der Waals surface area contributed by atoms with Crippen molar-refractivity contribution in [1.82, 2.24) is 10.3 Å². The summed E-state index contributed by atoms with van der Waals surface area (Å²) >= 11 is 5.71. The first-order chi connectivity index (χ1) is 18.5. The SMILES string of the molecule is C=C(/C=C\C(F)=C(/C)Cl)c1nc(C(=O)CNC(=O)c2ccc(OCCO)c(OC)c2)cc2c1OCCC2(C)C. The number of nitrogens with zero attached hydrogens (tertiary/aromatic N) is 1. The fourth-order valence-electron chi connectivity index (χ4n) is 3.89. The Labute approximate surface area is 232 Å². The van der Waals surface area contributed by atoms with Gasteiger partial charge in [-0.1, -0.05) is 38.1 Å². The van der Waals surface area contributed by atoms with E-state index < -0.39 is 17.5 Å². The molecule has 2 aromatic rings. The van der Waals surface area contributed by atoms with Gasteiger partial charge in [-0.05, 0) is 54.7 Å². The quantitative estimate of drug-likeness (QED) is 0.290. The van der Waals surface area contributed by atoms with Crippen LogP contribution >= 0.6 is 11.6 Å². The number of carbonyl (C=O) groups excluding carboxylic acids is 2. The average Bonchev–Trinajstić information content (AvgIpc) is 2.92. The fraction of sp³-hybridized carbons (Fsp3) is 0.345. The van der Waals surface area contributed by atoms with Crippen molar-refractivity contribution in [3.63, 3.8) is 0 Å². The maximum atomic E-state index is 14.0. The van der Waals surface area contributed by atoms with E-state index in [9.17, 15) is 14.0 Å². The van der Waals surface area contributed by atoms with E-state index in [0.29, 0.717) is 35.1 Å². The van der Waals surface area contributed by atoms with E-state index in [1.807, 2.05) is 13.8 Å². The molecule has 0 saturated heterocycles. The van der Waals surface area contributed by atoms with E-state index in [4.69, 9.17) is 30.9 Å². The fourth-order valence-corrected chi connectivity index (χ4v) is 3.95. The molecular weight excluding hydrogens is 527 g/mol. The maximum absolute atomic E-state index is 14.0. The van der Waals surface area contributed by atoms with Gasteiger partial charge in [0, 0.05) is 11.1 Å². The molecule has 1 amide bonds. The van der Waals surface area contributed by atoms with Crippen LogP contribution in [0.25, 0.3) is 5.57 Å². The minimum atomic E-state index is -0.618. The summed E-state index contributed by atoms with van der Waals surface area (Å²) in [5.74, 6) is -0.364. The summed E-state index contributed by atoms with van der Waals surface area (Å²) in [6, 6.07) is 6.22. The molecule has 8 nitrogen and oxygen atoms in total. The van der Waals surface area contributed by atoms with Crippen molar-refractivity contribution in [3.8, 4) is 17.2 Å². The number of fused-ring (bicyclic) bond motifs is 1. The van der Waals surface area contributed by atoms with Crippen LogP contribution in [-0.4, -0.2) is 55.3 Å². The summed E-state index contributed by atoms with van der Waals surface area (Å²) in [5.41, 5.74) is 1.48. The molecule has 0 aliphatic carbocycles. The standard InChI is InChI=1S/C29H32ClFN2O6/c1-17(6-8-21(31)18(2)30)26-27-20(29(3,4)10-12-39-27)15-22(33-26)23(35)16-32-28(36)19-7-9-24(38-13-11-34)25(14-19)37-5/h6-9,14-15,34H,1,10-13,16H2,2-5H3,(H,32,36)/b8-6-,21-18-. The highest BCUT2D eigenvalue weighted by atomic mass is 35.5. The third-order valence-electron chi connectivity index (χ3n) is 6.21. The number of carbonyl (C=O) groups is 2. The Balaban J connectivity index is 1.86. The largest absolute Gasteiger partial charge is 0.493 e. The highest BCUT2D eigenvalue weighted by Gasteiger charge is 2.33. The molecule has 1 aromatic carbocycles. The Morgan fingerprint density at radius 3 is 2.69 bits per heavy atom. The van der Waals surface area contributed by atoms with E-state index in [-0.39, 0.29) is 41.5 Å². The zero-order chi connectivity index (χ0) is 28.7. The smallest absolute Gasteiger partial charge is 0.251 e. The van der Waals surface area contributed by atoms with E-state index in [0.717, 1.165) is 12.0 Å². The van der Waals surface area contributed by atoms with Crippen LogP contribution in [0.1, 0.15) is 59.3 Å². The molecule has 0 saturated carbocycles. The number of ketones is 1. The van der Waals surface area contributed by atoms with Gasteiger partial charge in [0.15, 0.2) is 17.3 Å². The number of aromatic nitrogens is 1. The normalized spacial score (nSPS) is 14.6. The van der Waals surface area contributed by atoms with Crippen molar-refractivity contribution >= 4 is 28.9 Å². The average molecular weight is 559 g/mol. The Morgan fingerprint density at radius 1 is 1.28 bits per heavy atom. The van der Waals surface area contributed by atoms with Gasteiger partial charge in [-0.2, -0.15) is 0 Å². The Morgan fingerprint density at radius 2 is 2.03 bits per heavy atom. The Bertz CT molecular complexity index is 1330. The third kappa shape index (κ3) is 7.25. The molecule has 10 heteroatoms. The van der Waals surface area contributed by atoms with Crippen LogP contribution in [0.4, 0.5) is 4.39 Å². The summed E-state index contributed by atoms with van der Waals surface area (Å²) in [5, 5.41) is 11.6. The third-order valence-corrected chi connectivity index (χ3v) is 6.39. The summed E-state index contributed by atoms with van der Waals surface area (Å²) < 4.78 is 30.5. The number of benzene rings is 1.